The van der Waals surface area contributed by atoms with Crippen molar-refractivity contribution in [3.63, 3.8) is 0 Å². The number of benzene rings is 1. The van der Waals surface area contributed by atoms with E-state index in [-0.39, 0.29) is 5.92 Å². The molecular formula is C21H25NO4S. The molecule has 1 aliphatic heterocycles. The maximum atomic E-state index is 12.4. The summed E-state index contributed by atoms with van der Waals surface area (Å²) in [4.78, 5) is 26.6. The van der Waals surface area contributed by atoms with E-state index < -0.39 is 23.7 Å². The number of carbonyl (C=O) groups excluding carboxylic acids is 1. The van der Waals surface area contributed by atoms with Crippen LogP contribution in [0, 0.1) is 5.92 Å². The van der Waals surface area contributed by atoms with Crippen LogP contribution in [-0.4, -0.2) is 40.3 Å². The SMILES string of the molecule is CC(C)(C)OC(=O)N1CC(Cc2cc(-c3ccccc3)cs2)CC1C(=O)O. The molecule has 0 aliphatic carbocycles. The third-order valence-electron chi connectivity index (χ3n) is 4.55. The van der Waals surface area contributed by atoms with Gasteiger partial charge in [0, 0.05) is 11.4 Å². The van der Waals surface area contributed by atoms with Gasteiger partial charge in [0.15, 0.2) is 0 Å². The van der Waals surface area contributed by atoms with E-state index in [0.717, 1.165) is 6.42 Å². The standard InChI is InChI=1S/C21H25NO4S/c1-21(2,3)26-20(25)22-12-14(10-18(22)19(23)24)9-17-11-16(13-27-17)15-7-5-4-6-8-15/h4-8,11,13-14,18H,9-10,12H2,1-3H3,(H,23,24). The van der Waals surface area contributed by atoms with E-state index in [1.165, 1.54) is 20.9 Å². The molecule has 3 rings (SSSR count). The van der Waals surface area contributed by atoms with Crippen molar-refractivity contribution in [3.8, 4) is 11.1 Å². The molecule has 6 heteroatoms. The molecule has 0 spiro atoms. The van der Waals surface area contributed by atoms with Gasteiger partial charge >= 0.3 is 12.1 Å². The minimum Gasteiger partial charge on any atom is -0.480 e. The highest BCUT2D eigenvalue weighted by atomic mass is 32.1. The van der Waals surface area contributed by atoms with Crippen LogP contribution in [0.3, 0.4) is 0 Å². The monoisotopic (exact) mass is 387 g/mol. The zero-order valence-electron chi connectivity index (χ0n) is 15.8. The fourth-order valence-corrected chi connectivity index (χ4v) is 4.39. The molecule has 0 saturated carbocycles. The van der Waals surface area contributed by atoms with Crippen LogP contribution in [0.15, 0.2) is 41.8 Å². The van der Waals surface area contributed by atoms with Crippen LogP contribution < -0.4 is 0 Å². The van der Waals surface area contributed by atoms with Crippen molar-refractivity contribution in [3.05, 3.63) is 46.7 Å². The highest BCUT2D eigenvalue weighted by Crippen LogP contribution is 2.32. The second-order valence-corrected chi connectivity index (χ2v) is 8.96. The zero-order valence-corrected chi connectivity index (χ0v) is 16.7. The maximum absolute atomic E-state index is 12.4. The summed E-state index contributed by atoms with van der Waals surface area (Å²) in [5.74, 6) is -0.861. The average Bonchev–Trinajstić information content (AvgIpc) is 3.22. The van der Waals surface area contributed by atoms with E-state index >= 15 is 0 Å². The zero-order chi connectivity index (χ0) is 19.6. The Labute approximate surface area is 163 Å². The molecule has 1 amide bonds. The van der Waals surface area contributed by atoms with Crippen LogP contribution >= 0.6 is 11.3 Å². The molecule has 1 aromatic heterocycles. The summed E-state index contributed by atoms with van der Waals surface area (Å²) in [6.07, 6.45) is 0.668. The third kappa shape index (κ3) is 4.89. The number of thiophene rings is 1. The Hall–Kier alpha value is -2.34. The van der Waals surface area contributed by atoms with Gasteiger partial charge in [0.1, 0.15) is 11.6 Å². The number of likely N-dealkylation sites (tertiary alicyclic amines) is 1. The summed E-state index contributed by atoms with van der Waals surface area (Å²) < 4.78 is 5.39. The molecule has 0 bridgehead atoms. The summed E-state index contributed by atoms with van der Waals surface area (Å²) in [5, 5.41) is 11.6. The summed E-state index contributed by atoms with van der Waals surface area (Å²) in [6.45, 7) is 5.76. The van der Waals surface area contributed by atoms with Crippen molar-refractivity contribution < 1.29 is 19.4 Å². The van der Waals surface area contributed by atoms with Gasteiger partial charge in [-0.1, -0.05) is 30.3 Å². The van der Waals surface area contributed by atoms with E-state index in [0.29, 0.717) is 13.0 Å². The van der Waals surface area contributed by atoms with Crippen LogP contribution in [0.4, 0.5) is 4.79 Å². The number of hydrogen-bond donors (Lipinski definition) is 1. The molecule has 2 unspecified atom stereocenters. The Morgan fingerprint density at radius 1 is 1.22 bits per heavy atom. The van der Waals surface area contributed by atoms with Gasteiger partial charge in [0.25, 0.3) is 0 Å². The molecule has 144 valence electrons. The fraction of sp³-hybridized carbons (Fsp3) is 0.429. The lowest BCUT2D eigenvalue weighted by atomic mass is 10.00. The number of carboxylic acids is 1. The van der Waals surface area contributed by atoms with Gasteiger partial charge in [-0.05, 0) is 62.1 Å². The average molecular weight is 388 g/mol. The Morgan fingerprint density at radius 3 is 2.56 bits per heavy atom. The van der Waals surface area contributed by atoms with E-state index in [1.807, 2.05) is 18.2 Å². The summed E-state index contributed by atoms with van der Waals surface area (Å²) >= 11 is 1.68. The molecular weight excluding hydrogens is 362 g/mol. The lowest BCUT2D eigenvalue weighted by molar-refractivity contribution is -0.142. The number of rotatable bonds is 4. The van der Waals surface area contributed by atoms with E-state index in [4.69, 9.17) is 4.74 Å². The Morgan fingerprint density at radius 2 is 1.93 bits per heavy atom. The van der Waals surface area contributed by atoms with Gasteiger partial charge < -0.3 is 9.84 Å². The maximum Gasteiger partial charge on any atom is 0.411 e. The van der Waals surface area contributed by atoms with Crippen LogP contribution in [0.1, 0.15) is 32.1 Å². The predicted molar refractivity (Wildman–Crippen MR) is 106 cm³/mol. The quantitative estimate of drug-likeness (QED) is 0.828. The van der Waals surface area contributed by atoms with Gasteiger partial charge in [-0.2, -0.15) is 0 Å². The molecule has 2 atom stereocenters. The lowest BCUT2D eigenvalue weighted by Crippen LogP contribution is -2.43. The first-order valence-electron chi connectivity index (χ1n) is 9.08. The second-order valence-electron chi connectivity index (χ2n) is 7.96. The van der Waals surface area contributed by atoms with Gasteiger partial charge in [-0.3, -0.25) is 4.90 Å². The molecule has 2 heterocycles. The second kappa shape index (κ2) is 7.72. The highest BCUT2D eigenvalue weighted by molar-refractivity contribution is 7.10. The number of amides is 1. The summed E-state index contributed by atoms with van der Waals surface area (Å²) in [7, 11) is 0. The van der Waals surface area contributed by atoms with Crippen molar-refractivity contribution in [2.45, 2.75) is 45.3 Å². The summed E-state index contributed by atoms with van der Waals surface area (Å²) in [5.41, 5.74) is 1.70. The lowest BCUT2D eigenvalue weighted by Gasteiger charge is -2.26. The molecule has 5 nitrogen and oxygen atoms in total. The number of nitrogens with zero attached hydrogens (tertiary/aromatic N) is 1. The van der Waals surface area contributed by atoms with E-state index in [1.54, 1.807) is 32.1 Å². The third-order valence-corrected chi connectivity index (χ3v) is 5.51. The minimum atomic E-state index is -0.973. The molecule has 1 saturated heterocycles. The highest BCUT2D eigenvalue weighted by Gasteiger charge is 2.41. The number of aliphatic carboxylic acids is 1. The number of carboxylic acid groups (broad SMARTS) is 1. The van der Waals surface area contributed by atoms with Crippen LogP contribution in [-0.2, 0) is 16.0 Å². The van der Waals surface area contributed by atoms with Crippen molar-refractivity contribution >= 4 is 23.4 Å². The smallest absolute Gasteiger partial charge is 0.411 e. The van der Waals surface area contributed by atoms with Crippen molar-refractivity contribution in [1.82, 2.24) is 4.90 Å². The molecule has 1 aromatic carbocycles. The van der Waals surface area contributed by atoms with Crippen LogP contribution in [0.25, 0.3) is 11.1 Å². The van der Waals surface area contributed by atoms with Crippen molar-refractivity contribution in [1.29, 1.82) is 0 Å². The first-order valence-corrected chi connectivity index (χ1v) is 9.96. The van der Waals surface area contributed by atoms with Crippen LogP contribution in [0.2, 0.25) is 0 Å². The van der Waals surface area contributed by atoms with Gasteiger partial charge in [0.2, 0.25) is 0 Å². The molecule has 1 aliphatic rings. The van der Waals surface area contributed by atoms with E-state index in [2.05, 4.69) is 23.6 Å². The number of hydrogen-bond acceptors (Lipinski definition) is 4. The fourth-order valence-electron chi connectivity index (χ4n) is 3.38. The minimum absolute atomic E-state index is 0.112. The van der Waals surface area contributed by atoms with Crippen LogP contribution in [0.5, 0.6) is 0 Å². The number of carbonyl (C=O) groups is 2. The first-order chi connectivity index (χ1) is 12.7. The van der Waals surface area contributed by atoms with Gasteiger partial charge in [-0.25, -0.2) is 9.59 Å². The van der Waals surface area contributed by atoms with E-state index in [9.17, 15) is 14.7 Å². The molecule has 1 N–H and O–H groups in total. The largest absolute Gasteiger partial charge is 0.480 e. The Kier molecular flexibility index (Phi) is 5.56. The number of ether oxygens (including phenoxy) is 1. The molecule has 27 heavy (non-hydrogen) atoms. The van der Waals surface area contributed by atoms with Gasteiger partial charge in [-0.15, -0.1) is 11.3 Å². The first kappa shape index (κ1) is 19.4. The van der Waals surface area contributed by atoms with Crippen molar-refractivity contribution in [2.75, 3.05) is 6.54 Å². The van der Waals surface area contributed by atoms with Gasteiger partial charge in [0.05, 0.1) is 0 Å². The Balaban J connectivity index is 1.69. The Bertz CT molecular complexity index is 809. The molecule has 2 aromatic rings. The van der Waals surface area contributed by atoms with Crippen molar-refractivity contribution in [2.24, 2.45) is 5.92 Å². The molecule has 0 radical (unpaired) electrons. The molecule has 1 fully saturated rings. The predicted octanol–water partition coefficient (Wildman–Crippen LogP) is 4.67. The normalized spacial score (nSPS) is 19.9. The topological polar surface area (TPSA) is 66.8 Å². The summed E-state index contributed by atoms with van der Waals surface area (Å²) in [6, 6.07) is 11.5.